The molecule has 0 radical (unpaired) electrons. The molecule has 5 heteroatoms. The Morgan fingerprint density at radius 3 is 2.77 bits per heavy atom. The molecule has 22 heavy (non-hydrogen) atoms. The van der Waals surface area contributed by atoms with Crippen LogP contribution in [0.2, 0.25) is 0 Å². The van der Waals surface area contributed by atoms with E-state index in [-0.39, 0.29) is 11.5 Å². The van der Waals surface area contributed by atoms with Crippen molar-refractivity contribution >= 4 is 5.91 Å². The van der Waals surface area contributed by atoms with Crippen LogP contribution in [0.1, 0.15) is 18.9 Å². The summed E-state index contributed by atoms with van der Waals surface area (Å²) in [7, 11) is 0. The summed E-state index contributed by atoms with van der Waals surface area (Å²) >= 11 is 0. The molecule has 0 aliphatic rings. The van der Waals surface area contributed by atoms with E-state index >= 15 is 0 Å². The molecule has 1 aromatic carbocycles. The molecule has 0 aliphatic carbocycles. The highest BCUT2D eigenvalue weighted by molar-refractivity contribution is 5.97. The third kappa shape index (κ3) is 7.46. The molecule has 1 aromatic rings. The molecule has 0 atom stereocenters. The van der Waals surface area contributed by atoms with E-state index in [1.807, 2.05) is 43.3 Å². The number of hydrogen-bond acceptors (Lipinski definition) is 4. The molecule has 1 rings (SSSR count). The zero-order valence-electron chi connectivity index (χ0n) is 13.0. The number of nitriles is 1. The molecule has 118 valence electrons. The molecule has 0 aliphatic heterocycles. The lowest BCUT2D eigenvalue weighted by atomic mass is 10.1. The summed E-state index contributed by atoms with van der Waals surface area (Å²) < 4.78 is 5.18. The number of nitrogens with one attached hydrogen (secondary N) is 2. The second-order valence-corrected chi connectivity index (χ2v) is 4.67. The fraction of sp³-hybridized carbons (Fsp3) is 0.412. The second kappa shape index (κ2) is 11.4. The highest BCUT2D eigenvalue weighted by Gasteiger charge is 2.07. The molecule has 0 bridgehead atoms. The first-order valence-electron chi connectivity index (χ1n) is 7.51. The minimum Gasteiger partial charge on any atom is -0.389 e. The minimum absolute atomic E-state index is 0.0875. The Kier molecular flexibility index (Phi) is 9.15. The van der Waals surface area contributed by atoms with Crippen molar-refractivity contribution in [1.29, 1.82) is 5.26 Å². The van der Waals surface area contributed by atoms with Gasteiger partial charge >= 0.3 is 0 Å². The van der Waals surface area contributed by atoms with E-state index < -0.39 is 0 Å². The number of hydrogen-bond donors (Lipinski definition) is 2. The first kappa shape index (κ1) is 17.7. The summed E-state index contributed by atoms with van der Waals surface area (Å²) in [5.74, 6) is -0.355. The Morgan fingerprint density at radius 1 is 1.32 bits per heavy atom. The Balaban J connectivity index is 2.27. The Bertz CT molecular complexity index is 506. The highest BCUT2D eigenvalue weighted by atomic mass is 16.5. The fourth-order valence-corrected chi connectivity index (χ4v) is 1.80. The zero-order valence-corrected chi connectivity index (χ0v) is 13.0. The number of ether oxygens (including phenoxy) is 1. The summed E-state index contributed by atoms with van der Waals surface area (Å²) in [6.45, 7) is 4.38. The highest BCUT2D eigenvalue weighted by Crippen LogP contribution is 1.98. The largest absolute Gasteiger partial charge is 0.389 e. The number of carbonyl (C=O) groups is 1. The van der Waals surface area contributed by atoms with Gasteiger partial charge in [-0.25, -0.2) is 0 Å². The normalized spacial score (nSPS) is 10.8. The number of benzene rings is 1. The van der Waals surface area contributed by atoms with Crippen LogP contribution in [-0.2, 0) is 16.0 Å². The van der Waals surface area contributed by atoms with Crippen LogP contribution in [0, 0.1) is 11.3 Å². The number of rotatable bonds is 10. The van der Waals surface area contributed by atoms with E-state index in [1.165, 1.54) is 11.8 Å². The SMILES string of the molecule is CCOCCCNC(=O)/C(C#N)=C\NCCc1ccccc1. The molecule has 1 amide bonds. The topological polar surface area (TPSA) is 74.1 Å². The monoisotopic (exact) mass is 301 g/mol. The van der Waals surface area contributed by atoms with Crippen molar-refractivity contribution in [3.8, 4) is 6.07 Å². The van der Waals surface area contributed by atoms with Crippen molar-refractivity contribution in [3.05, 3.63) is 47.7 Å². The van der Waals surface area contributed by atoms with Gasteiger partial charge in [0, 0.05) is 32.5 Å². The van der Waals surface area contributed by atoms with Crippen molar-refractivity contribution < 1.29 is 9.53 Å². The molecule has 0 heterocycles. The maximum Gasteiger partial charge on any atom is 0.263 e. The summed E-state index contributed by atoms with van der Waals surface area (Å²) in [6.07, 6.45) is 3.05. The third-order valence-corrected chi connectivity index (χ3v) is 2.97. The molecule has 0 saturated carbocycles. The standard InChI is InChI=1S/C17H23N3O2/c1-2-22-12-6-10-20-17(21)16(13-18)14-19-11-9-15-7-4-3-5-8-15/h3-5,7-8,14,19H,2,6,9-12H2,1H3,(H,20,21)/b16-14-. The number of nitrogens with zero attached hydrogens (tertiary/aromatic N) is 1. The quantitative estimate of drug-likeness (QED) is 0.392. The van der Waals surface area contributed by atoms with Gasteiger partial charge < -0.3 is 15.4 Å². The maximum absolute atomic E-state index is 11.8. The van der Waals surface area contributed by atoms with E-state index in [2.05, 4.69) is 10.6 Å². The summed E-state index contributed by atoms with van der Waals surface area (Å²) in [5, 5.41) is 14.7. The van der Waals surface area contributed by atoms with Gasteiger partial charge in [0.15, 0.2) is 0 Å². The van der Waals surface area contributed by atoms with Gasteiger partial charge in [-0.2, -0.15) is 5.26 Å². The molecular weight excluding hydrogens is 278 g/mol. The first-order valence-corrected chi connectivity index (χ1v) is 7.51. The Morgan fingerprint density at radius 2 is 2.09 bits per heavy atom. The predicted octanol–water partition coefficient (Wildman–Crippen LogP) is 1.77. The third-order valence-electron chi connectivity index (χ3n) is 2.97. The van der Waals surface area contributed by atoms with Crippen LogP contribution in [0.3, 0.4) is 0 Å². The van der Waals surface area contributed by atoms with Crippen LogP contribution in [-0.4, -0.2) is 32.2 Å². The van der Waals surface area contributed by atoms with E-state index in [1.54, 1.807) is 0 Å². The van der Waals surface area contributed by atoms with Gasteiger partial charge in [0.2, 0.25) is 0 Å². The Hall–Kier alpha value is -2.32. The van der Waals surface area contributed by atoms with E-state index in [9.17, 15) is 4.79 Å². The van der Waals surface area contributed by atoms with E-state index in [0.717, 1.165) is 12.8 Å². The Labute approximate surface area is 132 Å². The number of carbonyl (C=O) groups excluding carboxylic acids is 1. The fourth-order valence-electron chi connectivity index (χ4n) is 1.80. The van der Waals surface area contributed by atoms with Gasteiger partial charge in [-0.05, 0) is 25.3 Å². The number of amides is 1. The average Bonchev–Trinajstić information content (AvgIpc) is 2.55. The molecule has 0 unspecified atom stereocenters. The van der Waals surface area contributed by atoms with Crippen LogP contribution in [0.4, 0.5) is 0 Å². The molecule has 2 N–H and O–H groups in total. The van der Waals surface area contributed by atoms with Crippen molar-refractivity contribution in [1.82, 2.24) is 10.6 Å². The first-order chi connectivity index (χ1) is 10.8. The predicted molar refractivity (Wildman–Crippen MR) is 86.0 cm³/mol. The molecule has 0 spiro atoms. The van der Waals surface area contributed by atoms with Crippen LogP contribution < -0.4 is 10.6 Å². The van der Waals surface area contributed by atoms with Gasteiger partial charge in [-0.3, -0.25) is 4.79 Å². The van der Waals surface area contributed by atoms with Crippen LogP contribution in [0.5, 0.6) is 0 Å². The van der Waals surface area contributed by atoms with Crippen molar-refractivity contribution in [2.75, 3.05) is 26.3 Å². The average molecular weight is 301 g/mol. The van der Waals surface area contributed by atoms with Crippen LogP contribution >= 0.6 is 0 Å². The summed E-state index contributed by atoms with van der Waals surface area (Å²) in [6, 6.07) is 11.9. The van der Waals surface area contributed by atoms with Crippen molar-refractivity contribution in [2.24, 2.45) is 0 Å². The molecule has 0 saturated heterocycles. The lowest BCUT2D eigenvalue weighted by Gasteiger charge is -2.05. The smallest absolute Gasteiger partial charge is 0.263 e. The lowest BCUT2D eigenvalue weighted by Crippen LogP contribution is -2.27. The molecular formula is C17H23N3O2. The summed E-state index contributed by atoms with van der Waals surface area (Å²) in [5.41, 5.74) is 1.30. The van der Waals surface area contributed by atoms with Gasteiger partial charge in [0.25, 0.3) is 5.91 Å². The van der Waals surface area contributed by atoms with E-state index in [0.29, 0.717) is 26.3 Å². The molecule has 0 aromatic heterocycles. The van der Waals surface area contributed by atoms with Crippen molar-refractivity contribution in [3.63, 3.8) is 0 Å². The lowest BCUT2D eigenvalue weighted by molar-refractivity contribution is -0.117. The molecule has 0 fully saturated rings. The van der Waals surface area contributed by atoms with Crippen molar-refractivity contribution in [2.45, 2.75) is 19.8 Å². The van der Waals surface area contributed by atoms with Gasteiger partial charge in [0.1, 0.15) is 11.6 Å². The van der Waals surface area contributed by atoms with E-state index in [4.69, 9.17) is 10.00 Å². The maximum atomic E-state index is 11.8. The summed E-state index contributed by atoms with van der Waals surface area (Å²) in [4.78, 5) is 11.8. The van der Waals surface area contributed by atoms with Gasteiger partial charge in [-0.15, -0.1) is 0 Å². The molecule has 5 nitrogen and oxygen atoms in total. The minimum atomic E-state index is -0.355. The second-order valence-electron chi connectivity index (χ2n) is 4.67. The van der Waals surface area contributed by atoms with Crippen LogP contribution in [0.15, 0.2) is 42.1 Å². The zero-order chi connectivity index (χ0) is 16.0. The van der Waals surface area contributed by atoms with Gasteiger partial charge in [-0.1, -0.05) is 30.3 Å². The van der Waals surface area contributed by atoms with Crippen LogP contribution in [0.25, 0.3) is 0 Å². The van der Waals surface area contributed by atoms with Gasteiger partial charge in [0.05, 0.1) is 0 Å².